The molecule has 0 amide bonds. The Labute approximate surface area is 83.6 Å². The summed E-state index contributed by atoms with van der Waals surface area (Å²) in [6.45, 7) is -1.99. The minimum atomic E-state index is -1.74. The quantitative estimate of drug-likeness (QED) is 0.585. The lowest BCUT2D eigenvalue weighted by atomic mass is 9.86. The largest absolute Gasteiger partial charge is 0.297 e. The van der Waals surface area contributed by atoms with Crippen LogP contribution in [0.3, 0.4) is 0 Å². The number of nitrogens with zero attached hydrogens (tertiary/aromatic N) is 1. The van der Waals surface area contributed by atoms with Crippen molar-refractivity contribution in [2.45, 2.75) is 50.9 Å². The first kappa shape index (κ1) is 3.61. The SMILES string of the molecule is [2H]C1([2H])CC[C@@]2(C([2H])([2H])C)CC3(CC3)C([2H])([2H])N12. The lowest BCUT2D eigenvalue weighted by Crippen LogP contribution is -2.37. The fourth-order valence-electron chi connectivity index (χ4n) is 2.55. The third kappa shape index (κ3) is 0.783. The Kier molecular flexibility index (Phi) is 0.620. The van der Waals surface area contributed by atoms with E-state index in [9.17, 15) is 0 Å². The van der Waals surface area contributed by atoms with Crippen LogP contribution in [0.25, 0.3) is 0 Å². The summed E-state index contributed by atoms with van der Waals surface area (Å²) in [5, 5.41) is 0. The van der Waals surface area contributed by atoms with Gasteiger partial charge in [0.15, 0.2) is 0 Å². The van der Waals surface area contributed by atoms with E-state index in [0.29, 0.717) is 12.8 Å². The van der Waals surface area contributed by atoms with Gasteiger partial charge in [-0.3, -0.25) is 4.90 Å². The normalized spacial score (nSPS) is 60.8. The second kappa shape index (κ2) is 2.06. The highest BCUT2D eigenvalue weighted by Gasteiger charge is 2.58. The topological polar surface area (TPSA) is 3.24 Å². The lowest BCUT2D eigenvalue weighted by Gasteiger charge is -2.30. The maximum atomic E-state index is 8.33. The second-order valence-electron chi connectivity index (χ2n) is 4.34. The zero-order valence-corrected chi connectivity index (χ0v) is 7.48. The van der Waals surface area contributed by atoms with Gasteiger partial charge in [0, 0.05) is 20.3 Å². The molecule has 2 saturated heterocycles. The number of fused-ring (bicyclic) bond motifs is 1. The van der Waals surface area contributed by atoms with Crippen molar-refractivity contribution in [2.24, 2.45) is 5.41 Å². The molecule has 1 atom stereocenters. The van der Waals surface area contributed by atoms with Crippen molar-refractivity contribution in [3.63, 3.8) is 0 Å². The van der Waals surface area contributed by atoms with Crippen LogP contribution in [0.2, 0.25) is 0 Å². The molecule has 1 spiro atoms. The van der Waals surface area contributed by atoms with E-state index in [4.69, 9.17) is 8.22 Å². The molecule has 1 aliphatic carbocycles. The first-order valence-electron chi connectivity index (χ1n) is 7.79. The van der Waals surface area contributed by atoms with Crippen LogP contribution in [0.4, 0.5) is 0 Å². The summed E-state index contributed by atoms with van der Waals surface area (Å²) in [4.78, 5) is 1.25. The van der Waals surface area contributed by atoms with E-state index < -0.39 is 30.3 Å². The Morgan fingerprint density at radius 1 is 1.50 bits per heavy atom. The average molecular weight is 171 g/mol. The van der Waals surface area contributed by atoms with Crippen molar-refractivity contribution in [3.8, 4) is 0 Å². The van der Waals surface area contributed by atoms with Crippen LogP contribution in [-0.2, 0) is 0 Å². The smallest absolute Gasteiger partial charge is 0.0437 e. The molecule has 3 rings (SSSR count). The Morgan fingerprint density at radius 3 is 2.92 bits per heavy atom. The van der Waals surface area contributed by atoms with Gasteiger partial charge in [-0.05, 0) is 50.4 Å². The minimum Gasteiger partial charge on any atom is -0.297 e. The molecular formula is C11H19N. The Balaban J connectivity index is 2.15. The van der Waals surface area contributed by atoms with E-state index in [1.165, 1.54) is 11.8 Å². The first-order chi connectivity index (χ1) is 7.99. The minimum absolute atomic E-state index is 0.218. The van der Waals surface area contributed by atoms with E-state index in [-0.39, 0.29) is 6.42 Å². The Hall–Kier alpha value is -0.0400. The molecule has 1 nitrogen and oxygen atoms in total. The number of hydrogen-bond acceptors (Lipinski definition) is 1. The van der Waals surface area contributed by atoms with E-state index in [2.05, 4.69) is 0 Å². The van der Waals surface area contributed by atoms with Crippen molar-refractivity contribution in [2.75, 3.05) is 13.0 Å². The van der Waals surface area contributed by atoms with E-state index in [1.807, 2.05) is 0 Å². The molecule has 68 valence electrons. The van der Waals surface area contributed by atoms with Gasteiger partial charge in [0.05, 0.1) is 0 Å². The summed E-state index contributed by atoms with van der Waals surface area (Å²) < 4.78 is 49.0. The Bertz CT molecular complexity index is 397. The van der Waals surface area contributed by atoms with Crippen LogP contribution < -0.4 is 0 Å². The predicted octanol–water partition coefficient (Wildman–Crippen LogP) is 2.41. The summed E-state index contributed by atoms with van der Waals surface area (Å²) in [5.74, 6) is 0. The van der Waals surface area contributed by atoms with E-state index >= 15 is 0 Å². The maximum Gasteiger partial charge on any atom is 0.0437 e. The van der Waals surface area contributed by atoms with Gasteiger partial charge >= 0.3 is 0 Å². The molecule has 0 N–H and O–H groups in total. The molecule has 2 aliphatic heterocycles. The molecule has 3 fully saturated rings. The number of hydrogen-bond donors (Lipinski definition) is 0. The average Bonchev–Trinajstić information content (AvgIpc) is 2.81. The molecular weight excluding hydrogens is 146 g/mol. The van der Waals surface area contributed by atoms with Crippen LogP contribution in [0.1, 0.15) is 53.6 Å². The molecule has 0 unspecified atom stereocenters. The van der Waals surface area contributed by atoms with Gasteiger partial charge in [0.25, 0.3) is 0 Å². The number of rotatable bonds is 1. The van der Waals surface area contributed by atoms with E-state index in [0.717, 1.165) is 12.8 Å². The van der Waals surface area contributed by atoms with Gasteiger partial charge in [-0.2, -0.15) is 0 Å². The van der Waals surface area contributed by atoms with Gasteiger partial charge in [-0.1, -0.05) is 6.92 Å². The monoisotopic (exact) mass is 171 g/mol. The molecule has 0 bridgehead atoms. The second-order valence-corrected chi connectivity index (χ2v) is 4.34. The van der Waals surface area contributed by atoms with Crippen molar-refractivity contribution >= 4 is 0 Å². The molecule has 1 saturated carbocycles. The molecule has 0 aromatic carbocycles. The van der Waals surface area contributed by atoms with Gasteiger partial charge in [0.2, 0.25) is 0 Å². The predicted molar refractivity (Wildman–Crippen MR) is 50.1 cm³/mol. The fourth-order valence-corrected chi connectivity index (χ4v) is 2.55. The molecule has 12 heavy (non-hydrogen) atoms. The van der Waals surface area contributed by atoms with Crippen molar-refractivity contribution in [1.82, 2.24) is 4.90 Å². The highest BCUT2D eigenvalue weighted by Crippen LogP contribution is 2.61. The van der Waals surface area contributed by atoms with Gasteiger partial charge in [-0.25, -0.2) is 0 Å². The maximum absolute atomic E-state index is 8.33. The third-order valence-corrected chi connectivity index (χ3v) is 3.54. The summed E-state index contributed by atoms with van der Waals surface area (Å²) in [6.07, 6.45) is 1.00. The van der Waals surface area contributed by atoms with Crippen LogP contribution >= 0.6 is 0 Å². The summed E-state index contributed by atoms with van der Waals surface area (Å²) >= 11 is 0. The Morgan fingerprint density at radius 2 is 2.33 bits per heavy atom. The highest BCUT2D eigenvalue weighted by molar-refractivity contribution is 5.13. The molecule has 3 aliphatic rings. The van der Waals surface area contributed by atoms with Crippen LogP contribution in [0, 0.1) is 5.41 Å². The van der Waals surface area contributed by atoms with Crippen molar-refractivity contribution in [1.29, 1.82) is 0 Å². The zero-order valence-electron chi connectivity index (χ0n) is 13.5. The standard InChI is InChI=1S/C11H19N/c1-2-11-4-3-7-12(11)9-10(8-11)5-6-10/h2-9H2,1H3/t11-/m0/s1/i2D2,7D2,9D2. The van der Waals surface area contributed by atoms with Gasteiger partial charge < -0.3 is 0 Å². The van der Waals surface area contributed by atoms with Gasteiger partial charge in [0.1, 0.15) is 0 Å². The first-order valence-corrected chi connectivity index (χ1v) is 4.79. The summed E-state index contributed by atoms with van der Waals surface area (Å²) in [5.41, 5.74) is -1.49. The molecule has 0 aromatic heterocycles. The third-order valence-electron chi connectivity index (χ3n) is 3.54. The molecule has 0 radical (unpaired) electrons. The van der Waals surface area contributed by atoms with Crippen molar-refractivity contribution < 1.29 is 8.22 Å². The molecule has 0 aromatic rings. The fraction of sp³-hybridized carbons (Fsp3) is 1.00. The summed E-state index contributed by atoms with van der Waals surface area (Å²) in [6, 6.07) is 0. The summed E-state index contributed by atoms with van der Waals surface area (Å²) in [7, 11) is 0. The van der Waals surface area contributed by atoms with E-state index in [1.54, 1.807) is 0 Å². The van der Waals surface area contributed by atoms with Crippen LogP contribution in [0.15, 0.2) is 0 Å². The van der Waals surface area contributed by atoms with Crippen LogP contribution in [0.5, 0.6) is 0 Å². The molecule has 2 heterocycles. The highest BCUT2D eigenvalue weighted by atomic mass is 15.3. The van der Waals surface area contributed by atoms with Gasteiger partial charge in [-0.15, -0.1) is 0 Å². The zero-order chi connectivity index (χ0) is 13.6. The van der Waals surface area contributed by atoms with Crippen molar-refractivity contribution in [3.05, 3.63) is 0 Å². The molecule has 1 heteroatoms. The van der Waals surface area contributed by atoms with Crippen LogP contribution in [-0.4, -0.2) is 23.4 Å². The lowest BCUT2D eigenvalue weighted by molar-refractivity contribution is 0.189.